The highest BCUT2D eigenvalue weighted by molar-refractivity contribution is 7.21. The molecule has 3 aromatic rings. The number of hydrogen-bond donors (Lipinski definition) is 5. The molecule has 0 saturated heterocycles. The fourth-order valence-corrected chi connectivity index (χ4v) is 6.60. The van der Waals surface area contributed by atoms with E-state index >= 15 is 0 Å². The Labute approximate surface area is 209 Å². The molecular weight excluding hydrogens is 464 g/mol. The van der Waals surface area contributed by atoms with E-state index in [0.717, 1.165) is 32.2 Å². The number of fused-ring (bicyclic) bond motifs is 1. The van der Waals surface area contributed by atoms with E-state index in [1.807, 2.05) is 19.9 Å². The highest BCUT2D eigenvalue weighted by Crippen LogP contribution is 2.39. The van der Waals surface area contributed by atoms with Crippen molar-refractivity contribution < 1.29 is 15.3 Å². The maximum atomic E-state index is 10.7. The van der Waals surface area contributed by atoms with Gasteiger partial charge in [0.15, 0.2) is 0 Å². The predicted octanol–water partition coefficient (Wildman–Crippen LogP) is 3.27. The Bertz CT molecular complexity index is 1200. The van der Waals surface area contributed by atoms with Crippen molar-refractivity contribution in [1.29, 1.82) is 0 Å². The maximum Gasteiger partial charge on any atom is 0.225 e. The van der Waals surface area contributed by atoms with Crippen molar-refractivity contribution in [3.63, 3.8) is 0 Å². The molecule has 2 aliphatic rings. The van der Waals surface area contributed by atoms with E-state index in [2.05, 4.69) is 22.5 Å². The molecule has 0 aromatic carbocycles. The summed E-state index contributed by atoms with van der Waals surface area (Å²) in [6.07, 6.45) is 5.18. The summed E-state index contributed by atoms with van der Waals surface area (Å²) in [4.78, 5) is 18.9. The Balaban J connectivity index is 1.53. The van der Waals surface area contributed by atoms with Gasteiger partial charge in [0.05, 0.1) is 33.8 Å². The number of rotatable bonds is 7. The van der Waals surface area contributed by atoms with Crippen LogP contribution in [0.1, 0.15) is 50.4 Å². The largest absolute Gasteiger partial charge is 0.396 e. The fraction of sp³-hybridized carbons (Fsp3) is 0.600. The summed E-state index contributed by atoms with van der Waals surface area (Å²) >= 11 is 1.55. The van der Waals surface area contributed by atoms with Crippen molar-refractivity contribution in [2.75, 3.05) is 17.2 Å². The third-order valence-corrected chi connectivity index (χ3v) is 8.65. The molecule has 0 amide bonds. The first-order chi connectivity index (χ1) is 16.9. The molecule has 2 fully saturated rings. The van der Waals surface area contributed by atoms with Gasteiger partial charge in [-0.05, 0) is 52.0 Å². The molecular formula is C25H34N6O3S. The molecule has 0 spiro atoms. The van der Waals surface area contributed by atoms with Crippen molar-refractivity contribution >= 4 is 33.3 Å². The van der Waals surface area contributed by atoms with E-state index in [4.69, 9.17) is 15.0 Å². The van der Waals surface area contributed by atoms with Crippen molar-refractivity contribution in [1.82, 2.24) is 19.9 Å². The van der Waals surface area contributed by atoms with Crippen LogP contribution in [0.2, 0.25) is 0 Å². The van der Waals surface area contributed by atoms with E-state index in [9.17, 15) is 15.3 Å². The Hall–Kier alpha value is -2.40. The van der Waals surface area contributed by atoms with E-state index in [1.54, 1.807) is 17.5 Å². The number of thiazole rings is 1. The molecule has 10 heteroatoms. The molecule has 188 valence electrons. The Kier molecular flexibility index (Phi) is 6.89. The van der Waals surface area contributed by atoms with Crippen molar-refractivity contribution in [3.05, 3.63) is 23.7 Å². The van der Waals surface area contributed by atoms with Crippen LogP contribution in [0.25, 0.3) is 20.8 Å². The molecule has 0 radical (unpaired) electrons. The van der Waals surface area contributed by atoms with Crippen LogP contribution in [0, 0.1) is 25.7 Å². The second-order valence-corrected chi connectivity index (χ2v) is 11.0. The van der Waals surface area contributed by atoms with Gasteiger partial charge in [0.1, 0.15) is 22.4 Å². The summed E-state index contributed by atoms with van der Waals surface area (Å²) in [5.41, 5.74) is 3.27. The van der Waals surface area contributed by atoms with Gasteiger partial charge in [0.2, 0.25) is 5.95 Å². The molecule has 35 heavy (non-hydrogen) atoms. The summed E-state index contributed by atoms with van der Waals surface area (Å²) in [5, 5.41) is 38.3. The second kappa shape index (κ2) is 9.93. The summed E-state index contributed by atoms with van der Waals surface area (Å²) in [7, 11) is 0. The van der Waals surface area contributed by atoms with Gasteiger partial charge < -0.3 is 26.0 Å². The molecule has 9 nitrogen and oxygen atoms in total. The van der Waals surface area contributed by atoms with E-state index in [0.29, 0.717) is 24.1 Å². The van der Waals surface area contributed by atoms with E-state index in [-0.39, 0.29) is 18.6 Å². The number of pyridine rings is 1. The summed E-state index contributed by atoms with van der Waals surface area (Å²) in [6.45, 7) is 5.89. The van der Waals surface area contributed by atoms with Crippen molar-refractivity contribution in [2.24, 2.45) is 11.8 Å². The average molecular weight is 499 g/mol. The third-order valence-electron chi connectivity index (χ3n) is 7.62. The van der Waals surface area contributed by atoms with Crippen LogP contribution in [0.4, 0.5) is 11.8 Å². The lowest BCUT2D eigenvalue weighted by Crippen LogP contribution is -2.36. The molecule has 2 saturated carbocycles. The zero-order valence-electron chi connectivity index (χ0n) is 20.4. The molecule has 0 bridgehead atoms. The van der Waals surface area contributed by atoms with Gasteiger partial charge in [0, 0.05) is 24.8 Å². The number of nitrogens with one attached hydrogen (secondary N) is 2. The minimum absolute atomic E-state index is 0.179. The lowest BCUT2D eigenvalue weighted by atomic mass is 10.0. The van der Waals surface area contributed by atoms with Crippen LogP contribution in [0.5, 0.6) is 0 Å². The Morgan fingerprint density at radius 3 is 2.54 bits per heavy atom. The van der Waals surface area contributed by atoms with Crippen LogP contribution >= 0.6 is 11.3 Å². The predicted molar refractivity (Wildman–Crippen MR) is 138 cm³/mol. The van der Waals surface area contributed by atoms with Crippen LogP contribution in [-0.2, 0) is 0 Å². The van der Waals surface area contributed by atoms with Crippen LogP contribution in [0.15, 0.2) is 12.3 Å². The highest BCUT2D eigenvalue weighted by Gasteiger charge is 2.41. The Morgan fingerprint density at radius 1 is 1.09 bits per heavy atom. The van der Waals surface area contributed by atoms with E-state index < -0.39 is 18.2 Å². The number of hydrogen-bond acceptors (Lipinski definition) is 10. The monoisotopic (exact) mass is 498 g/mol. The number of aryl methyl sites for hydroxylation is 2. The zero-order valence-corrected chi connectivity index (χ0v) is 21.2. The Morgan fingerprint density at radius 2 is 1.86 bits per heavy atom. The van der Waals surface area contributed by atoms with Crippen molar-refractivity contribution in [2.45, 2.75) is 77.2 Å². The van der Waals surface area contributed by atoms with Crippen molar-refractivity contribution in [3.8, 4) is 10.6 Å². The standard InChI is InChI=1S/C25H34N6O3S/c1-12(15-6-4-5-7-15)27-25-28-13(2)19(24-30-20-14(3)26-9-8-18(20)35-24)23(31-25)29-17-10-16(11-32)21(33)22(17)34/h8-9,12,15-17,21-22,32-34H,4-7,10-11H2,1-3H3,(H2,27,28,29,31)/t12-,16-,17-,21-,22+/m1/s1. The number of aromatic nitrogens is 4. The molecule has 5 atom stereocenters. The van der Waals surface area contributed by atoms with Gasteiger partial charge in [-0.3, -0.25) is 4.98 Å². The average Bonchev–Trinajstić information content (AvgIpc) is 3.56. The molecule has 3 aromatic heterocycles. The SMILES string of the molecule is Cc1nc(N[C@H](C)C2CCCC2)nc(N[C@@H]2C[C@H](CO)[C@@H](O)[C@H]2O)c1-c1nc2c(C)nccc2s1. The van der Waals surface area contributed by atoms with Gasteiger partial charge >= 0.3 is 0 Å². The van der Waals surface area contributed by atoms with Gasteiger partial charge in [-0.1, -0.05) is 12.8 Å². The number of aliphatic hydroxyl groups excluding tert-OH is 3. The second-order valence-electron chi connectivity index (χ2n) is 10.0. The van der Waals surface area contributed by atoms with Gasteiger partial charge in [0.25, 0.3) is 0 Å². The minimum atomic E-state index is -1.01. The van der Waals surface area contributed by atoms with Crippen LogP contribution in [0.3, 0.4) is 0 Å². The zero-order chi connectivity index (χ0) is 24.7. The molecule has 5 rings (SSSR count). The quantitative estimate of drug-likeness (QED) is 0.332. The lowest BCUT2D eigenvalue weighted by Gasteiger charge is -2.23. The van der Waals surface area contributed by atoms with Crippen LogP contribution < -0.4 is 10.6 Å². The first kappa shape index (κ1) is 24.3. The summed E-state index contributed by atoms with van der Waals surface area (Å²) in [6, 6.07) is 1.76. The number of anilines is 2. The van der Waals surface area contributed by atoms with E-state index in [1.165, 1.54) is 25.7 Å². The lowest BCUT2D eigenvalue weighted by molar-refractivity contribution is 0.00446. The minimum Gasteiger partial charge on any atom is -0.396 e. The van der Waals surface area contributed by atoms with Gasteiger partial charge in [-0.2, -0.15) is 4.98 Å². The first-order valence-electron chi connectivity index (χ1n) is 12.5. The summed E-state index contributed by atoms with van der Waals surface area (Å²) in [5.74, 6) is 1.33. The smallest absolute Gasteiger partial charge is 0.225 e. The molecule has 5 N–H and O–H groups in total. The molecule has 2 aliphatic carbocycles. The number of aliphatic hydroxyl groups is 3. The first-order valence-corrected chi connectivity index (χ1v) is 13.3. The normalized spacial score (nSPS) is 25.9. The topological polar surface area (TPSA) is 136 Å². The number of nitrogens with zero attached hydrogens (tertiary/aromatic N) is 4. The molecule has 0 unspecified atom stereocenters. The molecule has 3 heterocycles. The van der Waals surface area contributed by atoms with Crippen LogP contribution in [-0.4, -0.2) is 66.2 Å². The molecule has 0 aliphatic heterocycles. The summed E-state index contributed by atoms with van der Waals surface area (Å²) < 4.78 is 1.03. The van der Waals surface area contributed by atoms with Gasteiger partial charge in [-0.15, -0.1) is 11.3 Å². The van der Waals surface area contributed by atoms with Gasteiger partial charge in [-0.25, -0.2) is 9.97 Å². The highest BCUT2D eigenvalue weighted by atomic mass is 32.1. The third kappa shape index (κ3) is 4.72. The maximum absolute atomic E-state index is 10.7. The fourth-order valence-electron chi connectivity index (χ4n) is 5.49.